The monoisotopic (exact) mass is 312 g/mol. The van der Waals surface area contributed by atoms with Crippen LogP contribution in [-0.4, -0.2) is 46.8 Å². The minimum absolute atomic E-state index is 0.0348. The quantitative estimate of drug-likeness (QED) is 0.379. The van der Waals surface area contributed by atoms with Gasteiger partial charge in [0.2, 0.25) is 5.91 Å². The van der Waals surface area contributed by atoms with Crippen molar-refractivity contribution < 1.29 is 29.5 Å². The van der Waals surface area contributed by atoms with Gasteiger partial charge in [-0.2, -0.15) is 0 Å². The zero-order chi connectivity index (χ0) is 16.9. The van der Waals surface area contributed by atoms with Crippen molar-refractivity contribution >= 4 is 17.6 Å². The van der Waals surface area contributed by atoms with E-state index in [-0.39, 0.29) is 17.7 Å². The van der Waals surface area contributed by atoms with Gasteiger partial charge in [0, 0.05) is 25.6 Å². The summed E-state index contributed by atoms with van der Waals surface area (Å²) < 4.78 is 4.48. The first-order chi connectivity index (χ1) is 10.3. The van der Waals surface area contributed by atoms with Crippen LogP contribution in [0.4, 0.5) is 5.69 Å². The average Bonchev–Trinajstić information content (AvgIpc) is 2.50. The molecule has 120 valence electrons. The van der Waals surface area contributed by atoms with E-state index in [1.54, 1.807) is 0 Å². The molecule has 0 aliphatic heterocycles. The summed E-state index contributed by atoms with van der Waals surface area (Å²) in [5.74, 6) is -1.21. The third-order valence-electron chi connectivity index (χ3n) is 2.84. The molecule has 2 unspecified atom stereocenters. The predicted molar refractivity (Wildman–Crippen MR) is 74.1 cm³/mol. The lowest BCUT2D eigenvalue weighted by Gasteiger charge is -2.18. The number of nitrogens with zero attached hydrogens (tertiary/aromatic N) is 1. The van der Waals surface area contributed by atoms with Gasteiger partial charge in [0.15, 0.2) is 0 Å². The van der Waals surface area contributed by atoms with E-state index in [9.17, 15) is 29.9 Å². The summed E-state index contributed by atoms with van der Waals surface area (Å²) >= 11 is 0. The molecule has 2 atom stereocenters. The fraction of sp³-hybridized carbons (Fsp3) is 0.385. The second kappa shape index (κ2) is 7.48. The van der Waals surface area contributed by atoms with E-state index in [4.69, 9.17) is 0 Å². The Morgan fingerprint density at radius 3 is 2.50 bits per heavy atom. The first-order valence-electron chi connectivity index (χ1n) is 6.24. The van der Waals surface area contributed by atoms with Gasteiger partial charge in [-0.05, 0) is 11.6 Å². The topological polar surface area (TPSA) is 139 Å². The molecule has 0 bridgehead atoms. The van der Waals surface area contributed by atoms with Crippen LogP contribution >= 0.6 is 0 Å². The Bertz CT molecular complexity index is 588. The number of aliphatic hydroxyl groups is 2. The molecule has 1 aromatic rings. The highest BCUT2D eigenvalue weighted by molar-refractivity contribution is 5.90. The first-order valence-corrected chi connectivity index (χ1v) is 6.24. The van der Waals surface area contributed by atoms with Gasteiger partial charge in [0.25, 0.3) is 5.69 Å². The molecule has 9 nitrogen and oxygen atoms in total. The number of carbonyl (C=O) groups excluding carboxylic acids is 2. The molecule has 0 spiro atoms. The van der Waals surface area contributed by atoms with Crippen molar-refractivity contribution in [1.82, 2.24) is 5.32 Å². The zero-order valence-electron chi connectivity index (χ0n) is 12.0. The fourth-order valence-corrected chi connectivity index (χ4v) is 1.73. The SMILES string of the molecule is COC(=O)c1cc(C(O)C(O)CNC(C)=O)cc([N+](=O)[O-])c1. The van der Waals surface area contributed by atoms with Crippen molar-refractivity contribution in [2.45, 2.75) is 19.1 Å². The number of nitrogens with one attached hydrogen (secondary N) is 1. The Labute approximate surface area is 125 Å². The molecule has 0 aliphatic carbocycles. The van der Waals surface area contributed by atoms with Crippen LogP contribution in [0.15, 0.2) is 18.2 Å². The lowest BCUT2D eigenvalue weighted by Crippen LogP contribution is -2.34. The van der Waals surface area contributed by atoms with Crippen LogP contribution in [0.2, 0.25) is 0 Å². The van der Waals surface area contributed by atoms with Gasteiger partial charge in [-0.1, -0.05) is 0 Å². The number of carbonyl (C=O) groups is 2. The van der Waals surface area contributed by atoms with Crippen molar-refractivity contribution in [2.75, 3.05) is 13.7 Å². The van der Waals surface area contributed by atoms with Crippen LogP contribution in [0.1, 0.15) is 28.9 Å². The lowest BCUT2D eigenvalue weighted by atomic mass is 10.0. The van der Waals surface area contributed by atoms with Gasteiger partial charge in [0.05, 0.1) is 17.6 Å². The number of ether oxygens (including phenoxy) is 1. The highest BCUT2D eigenvalue weighted by Gasteiger charge is 2.23. The normalized spacial score (nSPS) is 13.1. The number of non-ortho nitro benzene ring substituents is 1. The number of benzene rings is 1. The molecule has 0 saturated heterocycles. The number of nitro benzene ring substituents is 1. The molecule has 1 aromatic carbocycles. The van der Waals surface area contributed by atoms with E-state index in [0.717, 1.165) is 19.2 Å². The number of hydrogen-bond acceptors (Lipinski definition) is 7. The second-order valence-corrected chi connectivity index (χ2v) is 4.51. The molecule has 1 rings (SSSR count). The number of nitro groups is 1. The summed E-state index contributed by atoms with van der Waals surface area (Å²) in [4.78, 5) is 32.4. The van der Waals surface area contributed by atoms with Crippen LogP contribution < -0.4 is 5.32 Å². The summed E-state index contributed by atoms with van der Waals surface area (Å²) in [7, 11) is 1.11. The Morgan fingerprint density at radius 1 is 1.36 bits per heavy atom. The molecule has 0 radical (unpaired) electrons. The van der Waals surface area contributed by atoms with Crippen LogP contribution in [-0.2, 0) is 9.53 Å². The smallest absolute Gasteiger partial charge is 0.338 e. The van der Waals surface area contributed by atoms with Crippen LogP contribution in [0.3, 0.4) is 0 Å². The Hall–Kier alpha value is -2.52. The predicted octanol–water partition coefficient (Wildman–Crippen LogP) is -0.0882. The van der Waals surface area contributed by atoms with E-state index >= 15 is 0 Å². The minimum Gasteiger partial charge on any atom is -0.465 e. The molecule has 9 heteroatoms. The van der Waals surface area contributed by atoms with Gasteiger partial charge >= 0.3 is 5.97 Å². The highest BCUT2D eigenvalue weighted by Crippen LogP contribution is 2.24. The number of rotatable bonds is 6. The van der Waals surface area contributed by atoms with Gasteiger partial charge in [0.1, 0.15) is 12.2 Å². The molecule has 22 heavy (non-hydrogen) atoms. The van der Waals surface area contributed by atoms with Crippen molar-refractivity contribution in [1.29, 1.82) is 0 Å². The average molecular weight is 312 g/mol. The number of aliphatic hydroxyl groups excluding tert-OH is 2. The van der Waals surface area contributed by atoms with E-state index in [1.165, 1.54) is 13.0 Å². The Balaban J connectivity index is 3.10. The fourth-order valence-electron chi connectivity index (χ4n) is 1.73. The molecular weight excluding hydrogens is 296 g/mol. The van der Waals surface area contributed by atoms with Crippen LogP contribution in [0.25, 0.3) is 0 Å². The van der Waals surface area contributed by atoms with Gasteiger partial charge in [-0.25, -0.2) is 4.79 Å². The molecule has 1 amide bonds. The first kappa shape index (κ1) is 17.5. The third kappa shape index (κ3) is 4.50. The van der Waals surface area contributed by atoms with E-state index < -0.39 is 34.7 Å². The number of amides is 1. The second-order valence-electron chi connectivity index (χ2n) is 4.51. The lowest BCUT2D eigenvalue weighted by molar-refractivity contribution is -0.385. The number of hydrogen-bond donors (Lipinski definition) is 3. The summed E-state index contributed by atoms with van der Waals surface area (Å²) in [6.45, 7) is 0.995. The minimum atomic E-state index is -1.52. The van der Waals surface area contributed by atoms with E-state index in [2.05, 4.69) is 10.1 Å². The van der Waals surface area contributed by atoms with E-state index in [0.29, 0.717) is 0 Å². The summed E-state index contributed by atoms with van der Waals surface area (Å²) in [6, 6.07) is 3.22. The third-order valence-corrected chi connectivity index (χ3v) is 2.84. The summed E-state index contributed by atoms with van der Waals surface area (Å²) in [6.07, 6.45) is -2.91. The van der Waals surface area contributed by atoms with Crippen molar-refractivity contribution in [3.63, 3.8) is 0 Å². The number of methoxy groups -OCH3 is 1. The van der Waals surface area contributed by atoms with Crippen LogP contribution in [0, 0.1) is 10.1 Å². The maximum absolute atomic E-state index is 11.5. The maximum atomic E-state index is 11.5. The maximum Gasteiger partial charge on any atom is 0.338 e. The molecule has 3 N–H and O–H groups in total. The van der Waals surface area contributed by atoms with Crippen molar-refractivity contribution in [3.8, 4) is 0 Å². The Kier molecular flexibility index (Phi) is 5.96. The Morgan fingerprint density at radius 2 is 2.00 bits per heavy atom. The van der Waals surface area contributed by atoms with Crippen molar-refractivity contribution in [3.05, 3.63) is 39.4 Å². The standard InChI is InChI=1S/C13H16N2O7/c1-7(16)14-6-11(17)12(18)8-3-9(13(19)22-2)5-10(4-8)15(20)21/h3-5,11-12,17-18H,6H2,1-2H3,(H,14,16). The van der Waals surface area contributed by atoms with E-state index in [1.807, 2.05) is 0 Å². The zero-order valence-corrected chi connectivity index (χ0v) is 12.0. The van der Waals surface area contributed by atoms with Gasteiger partial charge in [-0.15, -0.1) is 0 Å². The molecule has 0 heterocycles. The molecular formula is C13H16N2O7. The van der Waals surface area contributed by atoms with Gasteiger partial charge < -0.3 is 20.3 Å². The van der Waals surface area contributed by atoms with Crippen LogP contribution in [0.5, 0.6) is 0 Å². The molecule has 0 fully saturated rings. The number of esters is 1. The molecule has 0 aliphatic rings. The molecule has 0 saturated carbocycles. The largest absolute Gasteiger partial charge is 0.465 e. The van der Waals surface area contributed by atoms with Crippen molar-refractivity contribution in [2.24, 2.45) is 0 Å². The summed E-state index contributed by atoms with van der Waals surface area (Å²) in [5, 5.41) is 33.0. The summed E-state index contributed by atoms with van der Waals surface area (Å²) in [5.41, 5.74) is -0.589. The van der Waals surface area contributed by atoms with Gasteiger partial charge in [-0.3, -0.25) is 14.9 Å². The highest BCUT2D eigenvalue weighted by atomic mass is 16.6. The molecule has 0 aromatic heterocycles.